The fourth-order valence-electron chi connectivity index (χ4n) is 1.89. The van der Waals surface area contributed by atoms with E-state index in [1.807, 2.05) is 23.5 Å². The predicted octanol–water partition coefficient (Wildman–Crippen LogP) is 4.19. The van der Waals surface area contributed by atoms with Gasteiger partial charge in [0.15, 0.2) is 0 Å². The Morgan fingerprint density at radius 3 is 2.50 bits per heavy atom. The van der Waals surface area contributed by atoms with E-state index in [1.54, 1.807) is 12.1 Å². The van der Waals surface area contributed by atoms with E-state index in [0.717, 1.165) is 12.8 Å². The zero-order chi connectivity index (χ0) is 11.4. The van der Waals surface area contributed by atoms with Gasteiger partial charge in [0.25, 0.3) is 0 Å². The second-order valence-electron chi connectivity index (χ2n) is 3.99. The number of thiophene rings is 1. The average molecular weight is 232 g/mol. The molecule has 0 fully saturated rings. The molecule has 1 atom stereocenters. The van der Waals surface area contributed by atoms with Crippen molar-refractivity contribution in [1.82, 2.24) is 0 Å². The summed E-state index contributed by atoms with van der Waals surface area (Å²) in [6, 6.07) is 11.9. The quantitative estimate of drug-likeness (QED) is 0.838. The van der Waals surface area contributed by atoms with Crippen molar-refractivity contribution in [1.29, 1.82) is 0 Å². The number of phenols is 1. The van der Waals surface area contributed by atoms with Crippen molar-refractivity contribution in [2.45, 2.75) is 25.7 Å². The van der Waals surface area contributed by atoms with Gasteiger partial charge in [-0.2, -0.15) is 0 Å². The summed E-state index contributed by atoms with van der Waals surface area (Å²) in [5, 5.41) is 11.4. The average Bonchev–Trinajstić information content (AvgIpc) is 2.82. The van der Waals surface area contributed by atoms with Crippen molar-refractivity contribution >= 4 is 11.3 Å². The summed E-state index contributed by atoms with van der Waals surface area (Å²) in [6.45, 7) is 2.23. The molecule has 2 rings (SSSR count). The molecular formula is C14H16OS. The van der Waals surface area contributed by atoms with Crippen LogP contribution in [0, 0.1) is 0 Å². The van der Waals surface area contributed by atoms with E-state index < -0.39 is 0 Å². The van der Waals surface area contributed by atoms with Crippen LogP contribution in [0.3, 0.4) is 0 Å². The molecule has 1 heterocycles. The minimum Gasteiger partial charge on any atom is -0.508 e. The van der Waals surface area contributed by atoms with Gasteiger partial charge in [0, 0.05) is 4.88 Å². The molecule has 1 aromatic heterocycles. The van der Waals surface area contributed by atoms with Crippen LogP contribution in [-0.2, 0) is 6.42 Å². The van der Waals surface area contributed by atoms with E-state index in [2.05, 4.69) is 24.4 Å². The zero-order valence-corrected chi connectivity index (χ0v) is 10.2. The van der Waals surface area contributed by atoms with Gasteiger partial charge in [0.2, 0.25) is 0 Å². The molecule has 1 aromatic carbocycles. The number of aromatic hydroxyl groups is 1. The summed E-state index contributed by atoms with van der Waals surface area (Å²) < 4.78 is 0. The van der Waals surface area contributed by atoms with E-state index in [1.165, 1.54) is 10.4 Å². The Bertz CT molecular complexity index is 417. The number of phenolic OH excluding ortho intramolecular Hbond substituents is 1. The lowest BCUT2D eigenvalue weighted by molar-refractivity contribution is 0.475. The third-order valence-electron chi connectivity index (χ3n) is 2.86. The zero-order valence-electron chi connectivity index (χ0n) is 9.39. The summed E-state index contributed by atoms with van der Waals surface area (Å²) in [6.07, 6.45) is 2.21. The second kappa shape index (κ2) is 5.17. The van der Waals surface area contributed by atoms with Crippen molar-refractivity contribution in [2.24, 2.45) is 0 Å². The number of hydrogen-bond acceptors (Lipinski definition) is 2. The lowest BCUT2D eigenvalue weighted by atomic mass is 9.95. The van der Waals surface area contributed by atoms with Crippen molar-refractivity contribution < 1.29 is 5.11 Å². The minimum atomic E-state index is 0.341. The molecule has 0 saturated carbocycles. The molecule has 0 amide bonds. The molecule has 0 aliphatic heterocycles. The Kier molecular flexibility index (Phi) is 3.62. The third-order valence-corrected chi connectivity index (χ3v) is 3.89. The first-order valence-corrected chi connectivity index (χ1v) is 6.49. The normalized spacial score (nSPS) is 12.6. The molecule has 0 saturated heterocycles. The SMILES string of the molecule is CCC(Cc1ccc(O)cc1)c1cccs1. The van der Waals surface area contributed by atoms with Gasteiger partial charge in [0.05, 0.1) is 0 Å². The fourth-order valence-corrected chi connectivity index (χ4v) is 2.80. The molecule has 0 spiro atoms. The lowest BCUT2D eigenvalue weighted by Crippen LogP contribution is -1.99. The van der Waals surface area contributed by atoms with E-state index in [0.29, 0.717) is 11.7 Å². The first-order chi connectivity index (χ1) is 7.79. The first-order valence-electron chi connectivity index (χ1n) is 5.61. The predicted molar refractivity (Wildman–Crippen MR) is 69.2 cm³/mol. The minimum absolute atomic E-state index is 0.341. The molecule has 2 heteroatoms. The van der Waals surface area contributed by atoms with Crippen molar-refractivity contribution in [3.8, 4) is 5.75 Å². The highest BCUT2D eigenvalue weighted by Gasteiger charge is 2.10. The summed E-state index contributed by atoms with van der Waals surface area (Å²) in [5.74, 6) is 0.942. The molecule has 0 bridgehead atoms. The van der Waals surface area contributed by atoms with E-state index in [-0.39, 0.29) is 0 Å². The summed E-state index contributed by atoms with van der Waals surface area (Å²) >= 11 is 1.83. The van der Waals surface area contributed by atoms with Crippen LogP contribution in [0.1, 0.15) is 29.7 Å². The van der Waals surface area contributed by atoms with Gasteiger partial charge in [0.1, 0.15) is 5.75 Å². The maximum atomic E-state index is 9.23. The maximum Gasteiger partial charge on any atom is 0.115 e. The molecule has 1 nitrogen and oxygen atoms in total. The summed E-state index contributed by atoms with van der Waals surface area (Å²) in [4.78, 5) is 1.45. The van der Waals surface area contributed by atoms with Crippen LogP contribution in [-0.4, -0.2) is 5.11 Å². The number of benzene rings is 1. The van der Waals surface area contributed by atoms with Crippen LogP contribution < -0.4 is 0 Å². The highest BCUT2D eigenvalue weighted by molar-refractivity contribution is 7.10. The molecule has 16 heavy (non-hydrogen) atoms. The van der Waals surface area contributed by atoms with Crippen LogP contribution in [0.25, 0.3) is 0 Å². The Hall–Kier alpha value is -1.28. The van der Waals surface area contributed by atoms with Crippen LogP contribution in [0.2, 0.25) is 0 Å². The Balaban J connectivity index is 2.10. The van der Waals surface area contributed by atoms with E-state index in [9.17, 15) is 5.11 Å². The topological polar surface area (TPSA) is 20.2 Å². The molecule has 2 aromatic rings. The van der Waals surface area contributed by atoms with Gasteiger partial charge < -0.3 is 5.11 Å². The molecule has 1 N–H and O–H groups in total. The highest BCUT2D eigenvalue weighted by atomic mass is 32.1. The number of rotatable bonds is 4. The lowest BCUT2D eigenvalue weighted by Gasteiger charge is -2.13. The van der Waals surface area contributed by atoms with Crippen LogP contribution in [0.4, 0.5) is 0 Å². The number of hydrogen-bond donors (Lipinski definition) is 1. The van der Waals surface area contributed by atoms with Crippen LogP contribution in [0.15, 0.2) is 41.8 Å². The molecule has 0 radical (unpaired) electrons. The third kappa shape index (κ3) is 2.64. The standard InChI is InChI=1S/C14H16OS/c1-2-12(14-4-3-9-16-14)10-11-5-7-13(15)8-6-11/h3-9,12,15H,2,10H2,1H3. The van der Waals surface area contributed by atoms with Crippen LogP contribution in [0.5, 0.6) is 5.75 Å². The first kappa shape index (κ1) is 11.2. The van der Waals surface area contributed by atoms with E-state index >= 15 is 0 Å². The van der Waals surface area contributed by atoms with Gasteiger partial charge >= 0.3 is 0 Å². The summed E-state index contributed by atoms with van der Waals surface area (Å²) in [5.41, 5.74) is 1.29. The molecule has 0 aliphatic carbocycles. The van der Waals surface area contributed by atoms with Gasteiger partial charge in [-0.1, -0.05) is 25.1 Å². The smallest absolute Gasteiger partial charge is 0.115 e. The van der Waals surface area contributed by atoms with Gasteiger partial charge in [-0.3, -0.25) is 0 Å². The van der Waals surface area contributed by atoms with Gasteiger partial charge in [-0.05, 0) is 47.9 Å². The van der Waals surface area contributed by atoms with Crippen molar-refractivity contribution in [2.75, 3.05) is 0 Å². The molecule has 0 aliphatic rings. The van der Waals surface area contributed by atoms with Gasteiger partial charge in [-0.15, -0.1) is 11.3 Å². The van der Waals surface area contributed by atoms with Crippen molar-refractivity contribution in [3.05, 3.63) is 52.2 Å². The maximum absolute atomic E-state index is 9.23. The largest absolute Gasteiger partial charge is 0.508 e. The summed E-state index contributed by atoms with van der Waals surface area (Å²) in [7, 11) is 0. The molecular weight excluding hydrogens is 216 g/mol. The Morgan fingerprint density at radius 1 is 1.19 bits per heavy atom. The Labute approximate surface area is 100 Å². The monoisotopic (exact) mass is 232 g/mol. The molecule has 1 unspecified atom stereocenters. The fraction of sp³-hybridized carbons (Fsp3) is 0.286. The Morgan fingerprint density at radius 2 is 1.94 bits per heavy atom. The van der Waals surface area contributed by atoms with Crippen molar-refractivity contribution in [3.63, 3.8) is 0 Å². The second-order valence-corrected chi connectivity index (χ2v) is 4.97. The highest BCUT2D eigenvalue weighted by Crippen LogP contribution is 2.28. The van der Waals surface area contributed by atoms with E-state index in [4.69, 9.17) is 0 Å². The van der Waals surface area contributed by atoms with Gasteiger partial charge in [-0.25, -0.2) is 0 Å². The molecule has 84 valence electrons. The van der Waals surface area contributed by atoms with Crippen LogP contribution >= 0.6 is 11.3 Å².